The predicted molar refractivity (Wildman–Crippen MR) is 134 cm³/mol. The van der Waals surface area contributed by atoms with Crippen LogP contribution in [-0.4, -0.2) is 21.9 Å². The lowest BCUT2D eigenvalue weighted by Crippen LogP contribution is -1.94. The molecule has 0 aliphatic rings. The van der Waals surface area contributed by atoms with Crippen molar-refractivity contribution in [3.63, 3.8) is 0 Å². The molecule has 32 heavy (non-hydrogen) atoms. The minimum atomic E-state index is 0.827. The van der Waals surface area contributed by atoms with E-state index in [0.717, 1.165) is 38.8 Å². The first-order chi connectivity index (χ1) is 15.6. The molecule has 2 heterocycles. The molecule has 0 saturated heterocycles. The molecule has 0 aliphatic carbocycles. The highest BCUT2D eigenvalue weighted by Crippen LogP contribution is 2.29. The van der Waals surface area contributed by atoms with Crippen LogP contribution in [0.5, 0.6) is 5.75 Å². The van der Waals surface area contributed by atoms with E-state index in [2.05, 4.69) is 56.5 Å². The highest BCUT2D eigenvalue weighted by atomic mass is 32.1. The van der Waals surface area contributed by atoms with Gasteiger partial charge in [0.05, 0.1) is 28.7 Å². The van der Waals surface area contributed by atoms with Crippen molar-refractivity contribution in [1.82, 2.24) is 14.8 Å². The topological polar surface area (TPSA) is 39.9 Å². The third-order valence-corrected chi connectivity index (χ3v) is 6.54. The van der Waals surface area contributed by atoms with Crippen molar-refractivity contribution < 1.29 is 4.74 Å². The van der Waals surface area contributed by atoms with Crippen molar-refractivity contribution in [3.05, 3.63) is 94.6 Å². The van der Waals surface area contributed by atoms with Crippen LogP contribution in [-0.2, 0) is 0 Å². The molecule has 0 fully saturated rings. The maximum Gasteiger partial charge on any atom is 0.118 e. The molecule has 0 unspecified atom stereocenters. The van der Waals surface area contributed by atoms with Crippen molar-refractivity contribution in [3.8, 4) is 22.7 Å². The van der Waals surface area contributed by atoms with E-state index in [4.69, 9.17) is 14.8 Å². The number of thiazole rings is 1. The van der Waals surface area contributed by atoms with E-state index in [9.17, 15) is 0 Å². The molecular formula is C27H23N3OS. The molecule has 0 saturated carbocycles. The van der Waals surface area contributed by atoms with Crippen molar-refractivity contribution in [1.29, 1.82) is 0 Å². The fourth-order valence-electron chi connectivity index (χ4n) is 3.63. The van der Waals surface area contributed by atoms with Crippen molar-refractivity contribution in [2.75, 3.05) is 7.11 Å². The molecule has 5 heteroatoms. The Hall–Kier alpha value is -3.70. The SMILES string of the molecule is COc1ccc(-c2nn(-c3ccccc3)cc2C=Cc2nc3cc(C)c(C)cc3s2)cc1. The van der Waals surface area contributed by atoms with Crippen LogP contribution in [0.3, 0.4) is 0 Å². The number of nitrogens with zero attached hydrogens (tertiary/aromatic N) is 3. The van der Waals surface area contributed by atoms with Gasteiger partial charge < -0.3 is 4.74 Å². The third kappa shape index (κ3) is 3.95. The van der Waals surface area contributed by atoms with Gasteiger partial charge in [0.2, 0.25) is 0 Å². The smallest absolute Gasteiger partial charge is 0.118 e. The first-order valence-electron chi connectivity index (χ1n) is 10.5. The minimum absolute atomic E-state index is 0.827. The van der Waals surface area contributed by atoms with E-state index < -0.39 is 0 Å². The fourth-order valence-corrected chi connectivity index (χ4v) is 4.58. The van der Waals surface area contributed by atoms with Gasteiger partial charge in [0.15, 0.2) is 0 Å². The molecular weight excluding hydrogens is 414 g/mol. The van der Waals surface area contributed by atoms with E-state index in [-0.39, 0.29) is 0 Å². The number of rotatable bonds is 5. The van der Waals surface area contributed by atoms with Crippen LogP contribution in [0.25, 0.3) is 39.3 Å². The second-order valence-electron chi connectivity index (χ2n) is 7.73. The van der Waals surface area contributed by atoms with E-state index in [1.807, 2.05) is 47.1 Å². The zero-order valence-corrected chi connectivity index (χ0v) is 19.1. The molecule has 2 aromatic heterocycles. The van der Waals surface area contributed by atoms with E-state index in [1.54, 1.807) is 18.4 Å². The monoisotopic (exact) mass is 437 g/mol. The average molecular weight is 438 g/mol. The lowest BCUT2D eigenvalue weighted by Gasteiger charge is -2.02. The van der Waals surface area contributed by atoms with E-state index >= 15 is 0 Å². The quantitative estimate of drug-likeness (QED) is 0.299. The summed E-state index contributed by atoms with van der Waals surface area (Å²) in [4.78, 5) is 4.81. The molecule has 0 radical (unpaired) electrons. The summed E-state index contributed by atoms with van der Waals surface area (Å²) < 4.78 is 8.45. The summed E-state index contributed by atoms with van der Waals surface area (Å²) in [6, 6.07) is 22.5. The van der Waals surface area contributed by atoms with Gasteiger partial charge in [-0.3, -0.25) is 0 Å². The molecule has 4 nitrogen and oxygen atoms in total. The molecule has 0 N–H and O–H groups in total. The van der Waals surface area contributed by atoms with Crippen LogP contribution in [0.4, 0.5) is 0 Å². The van der Waals surface area contributed by atoms with Crippen molar-refractivity contribution in [2.45, 2.75) is 13.8 Å². The normalized spacial score (nSPS) is 11.5. The number of aromatic nitrogens is 3. The summed E-state index contributed by atoms with van der Waals surface area (Å²) in [6.07, 6.45) is 6.24. The number of benzene rings is 3. The van der Waals surface area contributed by atoms with Crippen LogP contribution in [0.2, 0.25) is 0 Å². The predicted octanol–water partition coefficient (Wildman–Crippen LogP) is 6.94. The van der Waals surface area contributed by atoms with Crippen LogP contribution in [0.1, 0.15) is 21.7 Å². The van der Waals surface area contributed by atoms with Gasteiger partial charge in [-0.1, -0.05) is 18.2 Å². The molecule has 158 valence electrons. The second-order valence-corrected chi connectivity index (χ2v) is 8.79. The summed E-state index contributed by atoms with van der Waals surface area (Å²) in [5, 5.41) is 5.88. The van der Waals surface area contributed by atoms with Gasteiger partial charge in [0.1, 0.15) is 10.8 Å². The summed E-state index contributed by atoms with van der Waals surface area (Å²) in [6.45, 7) is 4.27. The average Bonchev–Trinajstić information content (AvgIpc) is 3.42. The summed E-state index contributed by atoms with van der Waals surface area (Å²) >= 11 is 1.71. The maximum atomic E-state index is 5.31. The molecule has 0 atom stereocenters. The number of hydrogen-bond acceptors (Lipinski definition) is 4. The number of hydrogen-bond donors (Lipinski definition) is 0. The molecule has 0 spiro atoms. The van der Waals surface area contributed by atoms with E-state index in [0.29, 0.717) is 0 Å². The lowest BCUT2D eigenvalue weighted by molar-refractivity contribution is 0.415. The van der Waals surface area contributed by atoms with Crippen LogP contribution >= 0.6 is 11.3 Å². The first-order valence-corrected chi connectivity index (χ1v) is 11.3. The van der Waals surface area contributed by atoms with Crippen LogP contribution in [0, 0.1) is 13.8 Å². The molecule has 0 bridgehead atoms. The van der Waals surface area contributed by atoms with Gasteiger partial charge >= 0.3 is 0 Å². The standard InChI is InChI=1S/C27H23N3OS/c1-18-15-24-25(16-19(18)2)32-26(28-24)14-11-21-17-30(22-7-5-4-6-8-22)29-27(21)20-9-12-23(31-3)13-10-20/h4-17H,1-3H3. The lowest BCUT2D eigenvalue weighted by atomic mass is 10.1. The Bertz CT molecular complexity index is 1370. The Balaban J connectivity index is 1.56. The van der Waals surface area contributed by atoms with Gasteiger partial charge in [0.25, 0.3) is 0 Å². The number of fused-ring (bicyclic) bond motifs is 1. The third-order valence-electron chi connectivity index (χ3n) is 5.55. The minimum Gasteiger partial charge on any atom is -0.497 e. The van der Waals surface area contributed by atoms with Gasteiger partial charge in [0, 0.05) is 17.3 Å². The highest BCUT2D eigenvalue weighted by Gasteiger charge is 2.11. The number of aryl methyl sites for hydroxylation is 2. The number of para-hydroxylation sites is 1. The zero-order chi connectivity index (χ0) is 22.1. The van der Waals surface area contributed by atoms with Crippen LogP contribution < -0.4 is 4.74 Å². The summed E-state index contributed by atoms with van der Waals surface area (Å²) in [7, 11) is 1.67. The Kier molecular flexibility index (Phi) is 5.33. The second kappa shape index (κ2) is 8.44. The first kappa shape index (κ1) is 20.2. The largest absolute Gasteiger partial charge is 0.497 e. The Morgan fingerprint density at radius 1 is 0.906 bits per heavy atom. The summed E-state index contributed by atoms with van der Waals surface area (Å²) in [5.74, 6) is 0.827. The Morgan fingerprint density at radius 2 is 1.66 bits per heavy atom. The highest BCUT2D eigenvalue weighted by molar-refractivity contribution is 7.19. The number of methoxy groups -OCH3 is 1. The molecule has 0 aliphatic heterocycles. The van der Waals surface area contributed by atoms with Crippen LogP contribution in [0.15, 0.2) is 72.9 Å². The Morgan fingerprint density at radius 3 is 2.41 bits per heavy atom. The van der Waals surface area contributed by atoms with Crippen molar-refractivity contribution in [2.24, 2.45) is 0 Å². The van der Waals surface area contributed by atoms with Gasteiger partial charge in [-0.15, -0.1) is 11.3 Å². The van der Waals surface area contributed by atoms with Gasteiger partial charge in [-0.05, 0) is 85.7 Å². The van der Waals surface area contributed by atoms with Crippen molar-refractivity contribution >= 4 is 33.7 Å². The zero-order valence-electron chi connectivity index (χ0n) is 18.2. The molecule has 5 rings (SSSR count). The summed E-state index contributed by atoms with van der Waals surface area (Å²) in [5.41, 5.74) is 7.62. The maximum absolute atomic E-state index is 5.31. The molecule has 0 amide bonds. The fraction of sp³-hybridized carbons (Fsp3) is 0.111. The molecule has 5 aromatic rings. The Labute approximate surface area is 191 Å². The molecule has 3 aromatic carbocycles. The van der Waals surface area contributed by atoms with Gasteiger partial charge in [-0.25, -0.2) is 9.67 Å². The number of ether oxygens (including phenoxy) is 1. The van der Waals surface area contributed by atoms with E-state index in [1.165, 1.54) is 15.8 Å². The van der Waals surface area contributed by atoms with Gasteiger partial charge in [-0.2, -0.15) is 5.10 Å².